The molecule has 0 spiro atoms. The maximum atomic E-state index is 13.0. The second-order valence-electron chi connectivity index (χ2n) is 5.76. The minimum atomic E-state index is -4.54. The number of hydrogen-bond donors (Lipinski definition) is 1. The number of carbonyl (C=O) groups excluding carboxylic acids is 1. The van der Waals surface area contributed by atoms with Crippen molar-refractivity contribution >= 4 is 22.6 Å². The number of anilines is 1. The molecule has 1 aromatic heterocycles. The summed E-state index contributed by atoms with van der Waals surface area (Å²) in [5, 5.41) is 10.2. The summed E-state index contributed by atoms with van der Waals surface area (Å²) in [6.45, 7) is 3.63. The number of halogens is 3. The van der Waals surface area contributed by atoms with Gasteiger partial charge in [-0.25, -0.2) is 4.68 Å². The fourth-order valence-corrected chi connectivity index (χ4v) is 2.50. The molecule has 0 aliphatic heterocycles. The zero-order chi connectivity index (χ0) is 18.2. The van der Waals surface area contributed by atoms with Crippen LogP contribution in [-0.2, 0) is 17.5 Å². The quantitative estimate of drug-likeness (QED) is 0.785. The predicted molar refractivity (Wildman–Crippen MR) is 87.1 cm³/mol. The molecule has 2 aromatic carbocycles. The topological polar surface area (TPSA) is 59.8 Å². The second kappa shape index (κ2) is 6.19. The smallest absolute Gasteiger partial charge is 0.324 e. The lowest BCUT2D eigenvalue weighted by Gasteiger charge is -2.13. The Morgan fingerprint density at radius 2 is 1.84 bits per heavy atom. The van der Waals surface area contributed by atoms with Crippen LogP contribution in [0.5, 0.6) is 0 Å². The predicted octanol–water partition coefficient (Wildman–Crippen LogP) is 3.71. The molecule has 0 aliphatic carbocycles. The van der Waals surface area contributed by atoms with Crippen LogP contribution in [0.25, 0.3) is 11.0 Å². The average Bonchev–Trinajstić information content (AvgIpc) is 2.89. The van der Waals surface area contributed by atoms with Crippen LogP contribution >= 0.6 is 0 Å². The molecule has 1 heterocycles. The molecule has 5 nitrogen and oxygen atoms in total. The first-order valence-corrected chi connectivity index (χ1v) is 7.52. The van der Waals surface area contributed by atoms with Gasteiger partial charge in [0.2, 0.25) is 5.91 Å². The fourth-order valence-electron chi connectivity index (χ4n) is 2.50. The summed E-state index contributed by atoms with van der Waals surface area (Å²) < 4.78 is 40.3. The van der Waals surface area contributed by atoms with E-state index in [2.05, 4.69) is 15.6 Å². The van der Waals surface area contributed by atoms with Gasteiger partial charge < -0.3 is 5.32 Å². The molecule has 0 aliphatic rings. The Balaban J connectivity index is 1.84. The first-order valence-electron chi connectivity index (χ1n) is 7.52. The molecule has 0 bridgehead atoms. The van der Waals surface area contributed by atoms with Crippen LogP contribution < -0.4 is 5.32 Å². The largest absolute Gasteiger partial charge is 0.418 e. The number of hydrogen-bond acceptors (Lipinski definition) is 3. The van der Waals surface area contributed by atoms with E-state index in [0.29, 0.717) is 11.0 Å². The third-order valence-corrected chi connectivity index (χ3v) is 3.93. The van der Waals surface area contributed by atoms with Crippen LogP contribution in [-0.4, -0.2) is 20.9 Å². The number of alkyl halides is 3. The van der Waals surface area contributed by atoms with Crippen molar-refractivity contribution in [2.45, 2.75) is 26.6 Å². The molecule has 130 valence electrons. The lowest BCUT2D eigenvalue weighted by Crippen LogP contribution is -2.21. The highest BCUT2D eigenvalue weighted by Gasteiger charge is 2.33. The van der Waals surface area contributed by atoms with Crippen molar-refractivity contribution in [3.63, 3.8) is 0 Å². The van der Waals surface area contributed by atoms with E-state index in [9.17, 15) is 18.0 Å². The molecule has 3 rings (SSSR count). The zero-order valence-electron chi connectivity index (χ0n) is 13.6. The molecule has 8 heteroatoms. The van der Waals surface area contributed by atoms with Gasteiger partial charge in [0.05, 0.1) is 16.8 Å². The molecule has 0 unspecified atom stereocenters. The van der Waals surface area contributed by atoms with Crippen LogP contribution in [0.3, 0.4) is 0 Å². The van der Waals surface area contributed by atoms with Gasteiger partial charge >= 0.3 is 6.18 Å². The zero-order valence-corrected chi connectivity index (χ0v) is 13.6. The highest BCUT2D eigenvalue weighted by atomic mass is 19.4. The number of aromatic nitrogens is 3. The standard InChI is InChI=1S/C17H15F3N4O/c1-10-7-14-15(8-11(10)2)24(23-22-14)9-16(25)21-13-6-4-3-5-12(13)17(18,19)20/h3-8H,9H2,1-2H3,(H,21,25). The molecule has 0 atom stereocenters. The Kier molecular flexibility index (Phi) is 4.20. The molecule has 3 aromatic rings. The van der Waals surface area contributed by atoms with Crippen molar-refractivity contribution < 1.29 is 18.0 Å². The number of nitrogens with one attached hydrogen (secondary N) is 1. The van der Waals surface area contributed by atoms with Gasteiger partial charge in [-0.1, -0.05) is 17.3 Å². The summed E-state index contributed by atoms with van der Waals surface area (Å²) in [6.07, 6.45) is -4.54. The number of para-hydroxylation sites is 1. The maximum Gasteiger partial charge on any atom is 0.418 e. The van der Waals surface area contributed by atoms with E-state index in [1.165, 1.54) is 22.9 Å². The molecule has 1 amide bonds. The molecule has 0 fully saturated rings. The van der Waals surface area contributed by atoms with E-state index in [0.717, 1.165) is 17.2 Å². The Morgan fingerprint density at radius 1 is 1.16 bits per heavy atom. The highest BCUT2D eigenvalue weighted by Crippen LogP contribution is 2.34. The van der Waals surface area contributed by atoms with Crippen molar-refractivity contribution in [1.82, 2.24) is 15.0 Å². The van der Waals surface area contributed by atoms with Gasteiger partial charge in [0.1, 0.15) is 12.1 Å². The van der Waals surface area contributed by atoms with Crippen molar-refractivity contribution in [2.24, 2.45) is 0 Å². The highest BCUT2D eigenvalue weighted by molar-refractivity contribution is 5.92. The maximum absolute atomic E-state index is 13.0. The molecule has 0 saturated carbocycles. The SMILES string of the molecule is Cc1cc2nnn(CC(=O)Nc3ccccc3C(F)(F)F)c2cc1C. The molecule has 0 saturated heterocycles. The average molecular weight is 348 g/mol. The first kappa shape index (κ1) is 16.9. The Labute approximate surface area is 141 Å². The van der Waals surface area contributed by atoms with E-state index in [1.54, 1.807) is 0 Å². The third kappa shape index (κ3) is 3.47. The van der Waals surface area contributed by atoms with E-state index >= 15 is 0 Å². The monoisotopic (exact) mass is 348 g/mol. The van der Waals surface area contributed by atoms with E-state index in [4.69, 9.17) is 0 Å². The Bertz CT molecular complexity index is 947. The number of nitrogens with zero attached hydrogens (tertiary/aromatic N) is 3. The number of fused-ring (bicyclic) bond motifs is 1. The minimum Gasteiger partial charge on any atom is -0.324 e. The van der Waals surface area contributed by atoms with Crippen molar-refractivity contribution in [2.75, 3.05) is 5.32 Å². The fraction of sp³-hybridized carbons (Fsp3) is 0.235. The van der Waals surface area contributed by atoms with Gasteiger partial charge in [-0.05, 0) is 49.2 Å². The second-order valence-corrected chi connectivity index (χ2v) is 5.76. The first-order chi connectivity index (χ1) is 11.8. The Hall–Kier alpha value is -2.90. The summed E-state index contributed by atoms with van der Waals surface area (Å²) in [6, 6.07) is 8.54. The molecular formula is C17H15F3N4O. The van der Waals surface area contributed by atoms with Gasteiger partial charge in [0.15, 0.2) is 0 Å². The number of benzene rings is 2. The van der Waals surface area contributed by atoms with E-state index in [-0.39, 0.29) is 12.2 Å². The molecule has 25 heavy (non-hydrogen) atoms. The summed E-state index contributed by atoms with van der Waals surface area (Å²) in [7, 11) is 0. The van der Waals surface area contributed by atoms with E-state index in [1.807, 2.05) is 26.0 Å². The van der Waals surface area contributed by atoms with Gasteiger partial charge in [0, 0.05) is 0 Å². The normalized spacial score (nSPS) is 11.7. The summed E-state index contributed by atoms with van der Waals surface area (Å²) in [5.41, 5.74) is 2.17. The van der Waals surface area contributed by atoms with Gasteiger partial charge in [-0.2, -0.15) is 13.2 Å². The van der Waals surface area contributed by atoms with Crippen LogP contribution in [0.2, 0.25) is 0 Å². The van der Waals surface area contributed by atoms with Gasteiger partial charge in [-0.3, -0.25) is 4.79 Å². The third-order valence-electron chi connectivity index (χ3n) is 3.93. The summed E-state index contributed by atoms with van der Waals surface area (Å²) in [5.74, 6) is -0.610. The van der Waals surface area contributed by atoms with Gasteiger partial charge in [0.25, 0.3) is 0 Å². The van der Waals surface area contributed by atoms with Crippen molar-refractivity contribution in [3.8, 4) is 0 Å². The summed E-state index contributed by atoms with van der Waals surface area (Å²) >= 11 is 0. The van der Waals surface area contributed by atoms with Crippen LogP contribution in [0.4, 0.5) is 18.9 Å². The molecule has 0 radical (unpaired) electrons. The Morgan fingerprint density at radius 3 is 2.56 bits per heavy atom. The number of carbonyl (C=O) groups is 1. The number of aryl methyl sites for hydroxylation is 2. The lowest BCUT2D eigenvalue weighted by atomic mass is 10.1. The van der Waals surface area contributed by atoms with Gasteiger partial charge in [-0.15, -0.1) is 5.10 Å². The lowest BCUT2D eigenvalue weighted by molar-refractivity contribution is -0.137. The van der Waals surface area contributed by atoms with Crippen LogP contribution in [0, 0.1) is 13.8 Å². The molecule has 1 N–H and O–H groups in total. The summed E-state index contributed by atoms with van der Waals surface area (Å²) in [4.78, 5) is 12.2. The van der Waals surface area contributed by atoms with Crippen molar-refractivity contribution in [3.05, 3.63) is 53.1 Å². The van der Waals surface area contributed by atoms with Crippen molar-refractivity contribution in [1.29, 1.82) is 0 Å². The van der Waals surface area contributed by atoms with Crippen LogP contribution in [0.15, 0.2) is 36.4 Å². The molecular weight excluding hydrogens is 333 g/mol. The van der Waals surface area contributed by atoms with Crippen LogP contribution in [0.1, 0.15) is 16.7 Å². The minimum absolute atomic E-state index is 0.231. The van der Waals surface area contributed by atoms with E-state index < -0.39 is 17.6 Å². The number of amides is 1. The number of rotatable bonds is 3.